The molecule has 0 bridgehead atoms. The van der Waals surface area contributed by atoms with Crippen LogP contribution in [0.1, 0.15) is 5.56 Å². The van der Waals surface area contributed by atoms with E-state index in [9.17, 15) is 10.1 Å². The van der Waals surface area contributed by atoms with Crippen LogP contribution in [0.4, 0.5) is 5.69 Å². The Balaban J connectivity index is 1.69. The third-order valence-corrected chi connectivity index (χ3v) is 14.4. The zero-order valence-electron chi connectivity index (χ0n) is 20.9. The molecular weight excluding hydrogens is 504 g/mol. The molecule has 0 atom stereocenters. The summed E-state index contributed by atoms with van der Waals surface area (Å²) in [5.74, 6) is 3.38. The van der Waals surface area contributed by atoms with Crippen LogP contribution < -0.4 is 21.2 Å². The first-order chi connectivity index (χ1) is 18.7. The first kappa shape index (κ1) is 25.7. The van der Waals surface area contributed by atoms with Crippen LogP contribution in [0.15, 0.2) is 151 Å². The first-order valence-corrected chi connectivity index (χ1v) is 16.0. The molecule has 3 nitrogen and oxygen atoms in total. The summed E-state index contributed by atoms with van der Waals surface area (Å²) in [5.41, 5.74) is 1.06. The van der Waals surface area contributed by atoms with E-state index in [1.54, 1.807) is 12.1 Å². The van der Waals surface area contributed by atoms with E-state index in [1.807, 2.05) is 12.1 Å². The molecule has 0 saturated heterocycles. The quantitative estimate of drug-likeness (QED) is 0.113. The number of non-ortho nitro benzene ring substituents is 1. The molecule has 0 spiro atoms. The standard InChI is InChI=1S/C33H28NO2P2/c35-34(36)29-23-21-28(22-24-29)25-26-38(32-17-9-3-10-18-32,33-19-11-4-12-20-33)27-37(30-13-5-1-6-14-30)31-15-7-2-8-16-31/h1-26H,27H2/q+1/b26-25+. The number of nitro groups is 1. The van der Waals surface area contributed by atoms with Crippen molar-refractivity contribution < 1.29 is 4.92 Å². The molecule has 5 aromatic carbocycles. The average Bonchev–Trinajstić information content (AvgIpc) is 2.99. The maximum Gasteiger partial charge on any atom is 0.269 e. The minimum atomic E-state index is -2.07. The van der Waals surface area contributed by atoms with Crippen molar-refractivity contribution in [3.8, 4) is 0 Å². The highest BCUT2D eigenvalue weighted by atomic mass is 31.2. The van der Waals surface area contributed by atoms with Gasteiger partial charge >= 0.3 is 0 Å². The van der Waals surface area contributed by atoms with Gasteiger partial charge in [-0.2, -0.15) is 0 Å². The highest BCUT2D eigenvalue weighted by molar-refractivity contribution is 8.00. The van der Waals surface area contributed by atoms with Crippen LogP contribution in [0.2, 0.25) is 0 Å². The predicted octanol–water partition coefficient (Wildman–Crippen LogP) is 7.32. The van der Waals surface area contributed by atoms with E-state index in [1.165, 1.54) is 21.2 Å². The summed E-state index contributed by atoms with van der Waals surface area (Å²) >= 11 is 0. The van der Waals surface area contributed by atoms with Crippen LogP contribution in [0.5, 0.6) is 0 Å². The molecule has 38 heavy (non-hydrogen) atoms. The fraction of sp³-hybridized carbons (Fsp3) is 0.0303. The minimum absolute atomic E-state index is 0.103. The highest BCUT2D eigenvalue weighted by Gasteiger charge is 2.43. The van der Waals surface area contributed by atoms with Gasteiger partial charge in [0.2, 0.25) is 0 Å². The van der Waals surface area contributed by atoms with Gasteiger partial charge in [-0.25, -0.2) is 0 Å². The summed E-state index contributed by atoms with van der Waals surface area (Å²) in [6, 6.07) is 50.2. The number of hydrogen-bond acceptors (Lipinski definition) is 2. The fourth-order valence-corrected chi connectivity index (χ4v) is 13.2. The lowest BCUT2D eigenvalue weighted by Crippen LogP contribution is -2.26. The second-order valence-electron chi connectivity index (χ2n) is 8.94. The van der Waals surface area contributed by atoms with Crippen LogP contribution in [0.25, 0.3) is 6.08 Å². The van der Waals surface area contributed by atoms with Gasteiger partial charge in [0.05, 0.1) is 16.6 Å². The van der Waals surface area contributed by atoms with E-state index in [-0.39, 0.29) is 10.6 Å². The van der Waals surface area contributed by atoms with Crippen molar-refractivity contribution in [2.75, 3.05) is 5.90 Å². The molecule has 0 saturated carbocycles. The summed E-state index contributed by atoms with van der Waals surface area (Å²) in [6.45, 7) is 0. The van der Waals surface area contributed by atoms with Crippen molar-refractivity contribution in [2.45, 2.75) is 0 Å². The Labute approximate surface area is 225 Å². The molecule has 0 N–H and O–H groups in total. The van der Waals surface area contributed by atoms with Crippen LogP contribution in [0.3, 0.4) is 0 Å². The van der Waals surface area contributed by atoms with Gasteiger partial charge in [0.1, 0.15) is 17.9 Å². The Morgan fingerprint density at radius 2 is 1.03 bits per heavy atom. The van der Waals surface area contributed by atoms with E-state index in [0.29, 0.717) is 0 Å². The molecule has 5 aromatic rings. The monoisotopic (exact) mass is 532 g/mol. The van der Waals surface area contributed by atoms with Crippen molar-refractivity contribution in [1.29, 1.82) is 0 Å². The summed E-state index contributed by atoms with van der Waals surface area (Å²) in [7, 11) is -2.74. The Morgan fingerprint density at radius 3 is 1.45 bits per heavy atom. The van der Waals surface area contributed by atoms with E-state index >= 15 is 0 Å². The molecule has 0 fully saturated rings. The van der Waals surface area contributed by atoms with E-state index < -0.39 is 15.2 Å². The summed E-state index contributed by atoms with van der Waals surface area (Å²) in [4.78, 5) is 10.8. The second kappa shape index (κ2) is 12.1. The number of nitro benzene ring substituents is 1. The van der Waals surface area contributed by atoms with Crippen LogP contribution in [0, 0.1) is 10.1 Å². The van der Waals surface area contributed by atoms with Gasteiger partial charge < -0.3 is 0 Å². The smallest absolute Gasteiger partial charge is 0.258 e. The molecule has 5 rings (SSSR count). The topological polar surface area (TPSA) is 43.1 Å². The van der Waals surface area contributed by atoms with Crippen molar-refractivity contribution in [1.82, 2.24) is 0 Å². The Morgan fingerprint density at radius 1 is 0.605 bits per heavy atom. The van der Waals surface area contributed by atoms with Gasteiger partial charge in [0.15, 0.2) is 0 Å². The number of benzene rings is 5. The molecule has 0 heterocycles. The normalized spacial score (nSPS) is 11.6. The van der Waals surface area contributed by atoms with Crippen LogP contribution in [-0.4, -0.2) is 10.8 Å². The van der Waals surface area contributed by atoms with Gasteiger partial charge in [-0.1, -0.05) is 97.1 Å². The number of hydrogen-bond donors (Lipinski definition) is 0. The third kappa shape index (κ3) is 5.81. The van der Waals surface area contributed by atoms with Gasteiger partial charge in [0, 0.05) is 12.1 Å². The summed E-state index contributed by atoms with van der Waals surface area (Å²) < 4.78 is 0. The third-order valence-electron chi connectivity index (χ3n) is 6.56. The highest BCUT2D eigenvalue weighted by Crippen LogP contribution is 2.65. The minimum Gasteiger partial charge on any atom is -0.258 e. The maximum absolute atomic E-state index is 11.2. The zero-order valence-corrected chi connectivity index (χ0v) is 22.7. The molecule has 0 amide bonds. The molecule has 0 unspecified atom stereocenters. The molecule has 0 aromatic heterocycles. The SMILES string of the molecule is O=[N+]([O-])c1ccc(/C=C/[P+](CP(c2ccccc2)c2ccccc2)(c2ccccc2)c2ccccc2)cc1. The van der Waals surface area contributed by atoms with E-state index in [0.717, 1.165) is 11.5 Å². The molecule has 0 aliphatic rings. The Bertz CT molecular complexity index is 1410. The van der Waals surface area contributed by atoms with Gasteiger partial charge in [0.25, 0.3) is 5.69 Å². The van der Waals surface area contributed by atoms with Gasteiger partial charge in [-0.15, -0.1) is 0 Å². The second-order valence-corrected chi connectivity index (χ2v) is 15.0. The lowest BCUT2D eigenvalue weighted by atomic mass is 10.2. The molecule has 186 valence electrons. The van der Waals surface area contributed by atoms with Crippen LogP contribution >= 0.6 is 15.2 Å². The fourth-order valence-electron chi connectivity index (χ4n) is 4.59. The Kier molecular flexibility index (Phi) is 8.19. The molecular formula is C33H28NO2P2+. The van der Waals surface area contributed by atoms with Crippen molar-refractivity contribution in [2.24, 2.45) is 0 Å². The van der Waals surface area contributed by atoms with Crippen molar-refractivity contribution >= 4 is 48.2 Å². The average molecular weight is 533 g/mol. The predicted molar refractivity (Wildman–Crippen MR) is 165 cm³/mol. The summed E-state index contributed by atoms with van der Waals surface area (Å²) in [6.07, 6.45) is 2.15. The van der Waals surface area contributed by atoms with Crippen molar-refractivity contribution in [3.63, 3.8) is 0 Å². The van der Waals surface area contributed by atoms with Gasteiger partial charge in [-0.05, 0) is 66.6 Å². The lowest BCUT2D eigenvalue weighted by molar-refractivity contribution is -0.384. The maximum atomic E-state index is 11.2. The molecule has 5 heteroatoms. The van der Waals surface area contributed by atoms with Crippen molar-refractivity contribution in [3.05, 3.63) is 167 Å². The molecule has 0 aliphatic heterocycles. The van der Waals surface area contributed by atoms with Crippen LogP contribution in [-0.2, 0) is 0 Å². The molecule has 0 radical (unpaired) electrons. The largest absolute Gasteiger partial charge is 0.269 e. The molecule has 0 aliphatic carbocycles. The number of rotatable bonds is 9. The Hall–Kier alpha value is -3.90. The first-order valence-electron chi connectivity index (χ1n) is 12.5. The lowest BCUT2D eigenvalue weighted by Gasteiger charge is -2.29. The zero-order chi connectivity index (χ0) is 26.2. The van der Waals surface area contributed by atoms with E-state index in [2.05, 4.69) is 133 Å². The van der Waals surface area contributed by atoms with Gasteiger partial charge in [-0.3, -0.25) is 10.1 Å². The van der Waals surface area contributed by atoms with E-state index in [4.69, 9.17) is 0 Å². The summed E-state index contributed by atoms with van der Waals surface area (Å²) in [5, 5.41) is 16.5. The number of nitrogens with zero attached hydrogens (tertiary/aromatic N) is 1.